The van der Waals surface area contributed by atoms with Crippen molar-refractivity contribution in [1.82, 2.24) is 4.98 Å². The molecule has 0 saturated carbocycles. The van der Waals surface area contributed by atoms with Crippen LogP contribution in [0.4, 0.5) is 8.78 Å². The van der Waals surface area contributed by atoms with E-state index >= 15 is 0 Å². The second kappa shape index (κ2) is 4.69. The Labute approximate surface area is 86.3 Å². The predicted molar refractivity (Wildman–Crippen MR) is 49.8 cm³/mol. The highest BCUT2D eigenvalue weighted by atomic mass is 19.3. The average Bonchev–Trinajstić information content (AvgIpc) is 2.19. The fourth-order valence-corrected chi connectivity index (χ4v) is 1.31. The fraction of sp³-hybridized carbons (Fsp3) is 0.400. The van der Waals surface area contributed by atoms with Gasteiger partial charge in [0.2, 0.25) is 0 Å². The van der Waals surface area contributed by atoms with E-state index in [4.69, 9.17) is 10.00 Å². The van der Waals surface area contributed by atoms with Crippen LogP contribution in [0.2, 0.25) is 0 Å². The summed E-state index contributed by atoms with van der Waals surface area (Å²) >= 11 is 0. The minimum absolute atomic E-state index is 0.129. The fourth-order valence-electron chi connectivity index (χ4n) is 1.31. The number of methoxy groups -OCH3 is 1. The second-order valence-electron chi connectivity index (χ2n) is 2.97. The molecule has 80 valence electrons. The molecule has 0 aliphatic carbocycles. The maximum absolute atomic E-state index is 12.6. The molecule has 0 bridgehead atoms. The minimum Gasteiger partial charge on any atom is -0.496 e. The Hall–Kier alpha value is -1.70. The van der Waals surface area contributed by atoms with Crippen molar-refractivity contribution in [3.05, 3.63) is 23.0 Å². The Bertz CT molecular complexity index is 399. The molecule has 3 nitrogen and oxygen atoms in total. The molecule has 0 saturated heterocycles. The Morgan fingerprint density at radius 3 is 2.73 bits per heavy atom. The van der Waals surface area contributed by atoms with Gasteiger partial charge in [-0.1, -0.05) is 0 Å². The van der Waals surface area contributed by atoms with Gasteiger partial charge in [-0.25, -0.2) is 8.78 Å². The maximum atomic E-state index is 12.6. The highest BCUT2D eigenvalue weighted by Gasteiger charge is 2.19. The quantitative estimate of drug-likeness (QED) is 0.772. The Morgan fingerprint density at radius 1 is 1.60 bits per heavy atom. The number of nitriles is 1. The number of pyridine rings is 1. The summed E-state index contributed by atoms with van der Waals surface area (Å²) in [6, 6.07) is 3.36. The molecule has 0 amide bonds. The van der Waals surface area contributed by atoms with Gasteiger partial charge in [0, 0.05) is 17.3 Å². The van der Waals surface area contributed by atoms with Gasteiger partial charge in [-0.05, 0) is 6.92 Å². The van der Waals surface area contributed by atoms with Crippen molar-refractivity contribution in [2.75, 3.05) is 7.11 Å². The molecule has 0 N–H and O–H groups in total. The third-order valence-electron chi connectivity index (χ3n) is 1.93. The van der Waals surface area contributed by atoms with E-state index in [9.17, 15) is 8.78 Å². The van der Waals surface area contributed by atoms with Gasteiger partial charge in [0.1, 0.15) is 11.4 Å². The van der Waals surface area contributed by atoms with Crippen molar-refractivity contribution < 1.29 is 13.5 Å². The normalized spacial score (nSPS) is 10.1. The van der Waals surface area contributed by atoms with Crippen LogP contribution >= 0.6 is 0 Å². The topological polar surface area (TPSA) is 45.9 Å². The zero-order chi connectivity index (χ0) is 11.4. The van der Waals surface area contributed by atoms with Crippen LogP contribution in [0.15, 0.2) is 6.07 Å². The predicted octanol–water partition coefficient (Wildman–Crippen LogP) is 2.40. The zero-order valence-electron chi connectivity index (χ0n) is 8.42. The summed E-state index contributed by atoms with van der Waals surface area (Å²) in [6.45, 7) is 1.60. The molecular formula is C10H10F2N2O. The summed E-state index contributed by atoms with van der Waals surface area (Å²) in [5.74, 6) is 0.291. The molecule has 0 atom stereocenters. The smallest absolute Gasteiger partial charge is 0.280 e. The van der Waals surface area contributed by atoms with E-state index in [0.29, 0.717) is 11.4 Å². The van der Waals surface area contributed by atoms with Gasteiger partial charge >= 0.3 is 0 Å². The van der Waals surface area contributed by atoms with Crippen LogP contribution in [0.5, 0.6) is 5.75 Å². The van der Waals surface area contributed by atoms with Crippen molar-refractivity contribution in [1.29, 1.82) is 5.26 Å². The van der Waals surface area contributed by atoms with Crippen molar-refractivity contribution in [3.8, 4) is 11.8 Å². The molecule has 1 heterocycles. The first-order chi connectivity index (χ1) is 7.10. The average molecular weight is 212 g/mol. The lowest BCUT2D eigenvalue weighted by molar-refractivity contribution is 0.144. The Kier molecular flexibility index (Phi) is 3.56. The van der Waals surface area contributed by atoms with E-state index < -0.39 is 6.43 Å². The van der Waals surface area contributed by atoms with Gasteiger partial charge < -0.3 is 4.74 Å². The molecule has 0 aliphatic rings. The molecule has 0 radical (unpaired) electrons. The lowest BCUT2D eigenvalue weighted by atomic mass is 10.1. The van der Waals surface area contributed by atoms with Crippen LogP contribution < -0.4 is 4.74 Å². The number of aryl methyl sites for hydroxylation is 1. The van der Waals surface area contributed by atoms with Gasteiger partial charge in [0.15, 0.2) is 0 Å². The molecule has 0 aromatic carbocycles. The highest BCUT2D eigenvalue weighted by molar-refractivity contribution is 5.40. The van der Waals surface area contributed by atoms with Crippen molar-refractivity contribution >= 4 is 0 Å². The number of ether oxygens (including phenoxy) is 1. The molecular weight excluding hydrogens is 202 g/mol. The highest BCUT2D eigenvalue weighted by Crippen LogP contribution is 2.29. The van der Waals surface area contributed by atoms with Crippen LogP contribution in [-0.2, 0) is 6.42 Å². The first-order valence-electron chi connectivity index (χ1n) is 4.29. The number of nitrogens with zero attached hydrogens (tertiary/aromatic N) is 2. The van der Waals surface area contributed by atoms with Crippen molar-refractivity contribution in [3.63, 3.8) is 0 Å². The number of hydrogen-bond donors (Lipinski definition) is 0. The van der Waals surface area contributed by atoms with Crippen molar-refractivity contribution in [2.45, 2.75) is 19.8 Å². The van der Waals surface area contributed by atoms with Crippen LogP contribution in [0, 0.1) is 18.3 Å². The summed E-state index contributed by atoms with van der Waals surface area (Å²) in [4.78, 5) is 3.72. The molecule has 15 heavy (non-hydrogen) atoms. The first kappa shape index (κ1) is 11.4. The molecule has 1 aromatic heterocycles. The molecule has 5 heteroatoms. The Balaban J connectivity index is 3.34. The third kappa shape index (κ3) is 2.40. The van der Waals surface area contributed by atoms with Gasteiger partial charge in [0.25, 0.3) is 6.43 Å². The van der Waals surface area contributed by atoms with Crippen LogP contribution in [0.25, 0.3) is 0 Å². The second-order valence-corrected chi connectivity index (χ2v) is 2.97. The molecule has 0 fully saturated rings. The molecule has 0 aliphatic heterocycles. The third-order valence-corrected chi connectivity index (χ3v) is 1.93. The van der Waals surface area contributed by atoms with Crippen LogP contribution in [0.3, 0.4) is 0 Å². The van der Waals surface area contributed by atoms with Gasteiger partial charge in [-0.2, -0.15) is 5.26 Å². The molecule has 0 unspecified atom stereocenters. The molecule has 1 rings (SSSR count). The first-order valence-corrected chi connectivity index (χ1v) is 4.29. The SMILES string of the molecule is COc1cc(C)nc(C(F)F)c1CC#N. The van der Waals surface area contributed by atoms with E-state index in [1.807, 2.05) is 6.07 Å². The zero-order valence-corrected chi connectivity index (χ0v) is 8.42. The van der Waals surface area contributed by atoms with Crippen LogP contribution in [0.1, 0.15) is 23.4 Å². The summed E-state index contributed by atoms with van der Waals surface area (Å²) in [5, 5.41) is 8.54. The van der Waals surface area contributed by atoms with Gasteiger partial charge in [-0.3, -0.25) is 4.98 Å². The van der Waals surface area contributed by atoms with Gasteiger partial charge in [0.05, 0.1) is 19.6 Å². The molecule has 1 aromatic rings. The summed E-state index contributed by atoms with van der Waals surface area (Å²) in [5.41, 5.74) is 0.248. The summed E-state index contributed by atoms with van der Waals surface area (Å²) in [6.07, 6.45) is -2.82. The lowest BCUT2D eigenvalue weighted by Gasteiger charge is -2.11. The van der Waals surface area contributed by atoms with E-state index in [2.05, 4.69) is 4.98 Å². The van der Waals surface area contributed by atoms with E-state index in [0.717, 1.165) is 0 Å². The van der Waals surface area contributed by atoms with Crippen molar-refractivity contribution in [2.24, 2.45) is 0 Å². The molecule has 0 spiro atoms. The lowest BCUT2D eigenvalue weighted by Crippen LogP contribution is -2.03. The summed E-state index contributed by atoms with van der Waals surface area (Å²) in [7, 11) is 1.38. The minimum atomic E-state index is -2.69. The number of rotatable bonds is 3. The summed E-state index contributed by atoms with van der Waals surface area (Å²) < 4.78 is 30.2. The number of halogens is 2. The van der Waals surface area contributed by atoms with E-state index in [-0.39, 0.29) is 17.7 Å². The van der Waals surface area contributed by atoms with E-state index in [1.54, 1.807) is 13.0 Å². The maximum Gasteiger partial charge on any atom is 0.280 e. The Morgan fingerprint density at radius 2 is 2.27 bits per heavy atom. The number of hydrogen-bond acceptors (Lipinski definition) is 3. The van der Waals surface area contributed by atoms with Crippen LogP contribution in [-0.4, -0.2) is 12.1 Å². The number of aromatic nitrogens is 1. The van der Waals surface area contributed by atoms with E-state index in [1.165, 1.54) is 7.11 Å². The monoisotopic (exact) mass is 212 g/mol. The van der Waals surface area contributed by atoms with Gasteiger partial charge in [-0.15, -0.1) is 0 Å². The standard InChI is InChI=1S/C10H10F2N2O/c1-6-5-8(15-2)7(3-4-13)9(14-6)10(11)12/h5,10H,3H2,1-2H3. The number of alkyl halides is 2. The largest absolute Gasteiger partial charge is 0.496 e.